The lowest BCUT2D eigenvalue weighted by Crippen LogP contribution is -2.46. The number of anilines is 1. The molecule has 8 nitrogen and oxygen atoms in total. The van der Waals surface area contributed by atoms with Crippen LogP contribution in [0.1, 0.15) is 11.6 Å². The molecule has 3 heterocycles. The molecule has 1 saturated heterocycles. The Labute approximate surface area is 181 Å². The van der Waals surface area contributed by atoms with Gasteiger partial charge in [0.05, 0.1) is 26.3 Å². The van der Waals surface area contributed by atoms with Gasteiger partial charge in [-0.2, -0.15) is 0 Å². The second kappa shape index (κ2) is 8.03. The third-order valence-corrected chi connectivity index (χ3v) is 5.94. The number of aryl methyl sites for hydroxylation is 1. The summed E-state index contributed by atoms with van der Waals surface area (Å²) >= 11 is 0. The summed E-state index contributed by atoms with van der Waals surface area (Å²) in [5.74, 6) is 3.08. The zero-order valence-corrected chi connectivity index (χ0v) is 18.1. The van der Waals surface area contributed by atoms with E-state index in [9.17, 15) is 0 Å². The largest absolute Gasteiger partial charge is 0.493 e. The molecule has 0 amide bonds. The van der Waals surface area contributed by atoms with Gasteiger partial charge in [0.25, 0.3) is 0 Å². The molecule has 0 unspecified atom stereocenters. The molecule has 1 fully saturated rings. The Bertz CT molecular complexity index is 1220. The molecule has 2 aromatic carbocycles. The van der Waals surface area contributed by atoms with Gasteiger partial charge in [-0.25, -0.2) is 4.98 Å². The van der Waals surface area contributed by atoms with Gasteiger partial charge in [0.2, 0.25) is 0 Å². The Hall–Kier alpha value is -3.39. The minimum atomic E-state index is 0.655. The Morgan fingerprint density at radius 3 is 2.32 bits per heavy atom. The summed E-state index contributed by atoms with van der Waals surface area (Å²) in [6.07, 6.45) is 0. The predicted octanol–water partition coefficient (Wildman–Crippen LogP) is 2.93. The second-order valence-electron chi connectivity index (χ2n) is 7.76. The molecule has 31 heavy (non-hydrogen) atoms. The van der Waals surface area contributed by atoms with Crippen LogP contribution in [0.2, 0.25) is 0 Å². The number of piperazine rings is 1. The van der Waals surface area contributed by atoms with Crippen LogP contribution < -0.4 is 14.4 Å². The fraction of sp³-hybridized carbons (Fsp3) is 0.348. The molecule has 0 bridgehead atoms. The van der Waals surface area contributed by atoms with E-state index in [0.717, 1.165) is 60.9 Å². The van der Waals surface area contributed by atoms with E-state index >= 15 is 0 Å². The average Bonchev–Trinajstić information content (AvgIpc) is 3.24. The van der Waals surface area contributed by atoms with Crippen molar-refractivity contribution >= 4 is 22.2 Å². The van der Waals surface area contributed by atoms with Crippen LogP contribution in [0.25, 0.3) is 16.6 Å². The van der Waals surface area contributed by atoms with Crippen molar-refractivity contribution < 1.29 is 9.47 Å². The molecule has 1 aliphatic heterocycles. The van der Waals surface area contributed by atoms with Crippen molar-refractivity contribution in [1.29, 1.82) is 0 Å². The molecule has 2 aromatic heterocycles. The van der Waals surface area contributed by atoms with Crippen molar-refractivity contribution in [1.82, 2.24) is 24.5 Å². The van der Waals surface area contributed by atoms with E-state index in [1.54, 1.807) is 14.2 Å². The normalized spacial score (nSPS) is 15.0. The number of hydrogen-bond acceptors (Lipinski definition) is 7. The monoisotopic (exact) mass is 418 g/mol. The minimum Gasteiger partial charge on any atom is -0.493 e. The molecule has 8 heteroatoms. The highest BCUT2D eigenvalue weighted by molar-refractivity contribution is 5.93. The summed E-state index contributed by atoms with van der Waals surface area (Å²) in [6, 6.07) is 14.4. The van der Waals surface area contributed by atoms with Gasteiger partial charge in [-0.3, -0.25) is 9.30 Å². The van der Waals surface area contributed by atoms with Crippen LogP contribution in [0.15, 0.2) is 42.5 Å². The average molecular weight is 419 g/mol. The molecule has 5 rings (SSSR count). The number of aromatic nitrogens is 4. The molecule has 4 aromatic rings. The van der Waals surface area contributed by atoms with E-state index in [1.807, 2.05) is 19.1 Å². The maximum absolute atomic E-state index is 5.48. The first-order valence-electron chi connectivity index (χ1n) is 10.5. The lowest BCUT2D eigenvalue weighted by molar-refractivity contribution is 0.243. The van der Waals surface area contributed by atoms with Gasteiger partial charge in [0.1, 0.15) is 5.82 Å². The van der Waals surface area contributed by atoms with Gasteiger partial charge < -0.3 is 14.4 Å². The topological polar surface area (TPSA) is 68.0 Å². The SMILES string of the molecule is COc1cc2nc(C)n3c(CN4CCN(c5ccccc5)CC4)nnc3c2cc1OC. The Morgan fingerprint density at radius 2 is 1.61 bits per heavy atom. The van der Waals surface area contributed by atoms with Crippen molar-refractivity contribution in [2.75, 3.05) is 45.3 Å². The number of rotatable bonds is 5. The maximum atomic E-state index is 5.48. The molecular weight excluding hydrogens is 392 g/mol. The number of benzene rings is 2. The first kappa shape index (κ1) is 19.6. The predicted molar refractivity (Wildman–Crippen MR) is 120 cm³/mol. The molecule has 0 spiro atoms. The number of ether oxygens (including phenoxy) is 2. The molecule has 160 valence electrons. The highest BCUT2D eigenvalue weighted by Crippen LogP contribution is 2.33. The van der Waals surface area contributed by atoms with Crippen molar-refractivity contribution in [3.8, 4) is 11.5 Å². The smallest absolute Gasteiger partial charge is 0.171 e. The van der Waals surface area contributed by atoms with E-state index < -0.39 is 0 Å². The summed E-state index contributed by atoms with van der Waals surface area (Å²) in [6.45, 7) is 6.69. The third-order valence-electron chi connectivity index (χ3n) is 5.94. The van der Waals surface area contributed by atoms with Gasteiger partial charge in [0, 0.05) is 43.3 Å². The van der Waals surface area contributed by atoms with Crippen molar-refractivity contribution in [2.45, 2.75) is 13.5 Å². The molecule has 0 aliphatic carbocycles. The number of methoxy groups -OCH3 is 2. The highest BCUT2D eigenvalue weighted by Gasteiger charge is 2.21. The summed E-state index contributed by atoms with van der Waals surface area (Å²) < 4.78 is 13.0. The molecular formula is C23H26N6O2. The molecule has 0 atom stereocenters. The van der Waals surface area contributed by atoms with Gasteiger partial charge in [-0.15, -0.1) is 10.2 Å². The molecule has 1 aliphatic rings. The lowest BCUT2D eigenvalue weighted by atomic mass is 10.2. The van der Waals surface area contributed by atoms with Crippen LogP contribution in [0.4, 0.5) is 5.69 Å². The van der Waals surface area contributed by atoms with Crippen molar-refractivity contribution in [3.63, 3.8) is 0 Å². The van der Waals surface area contributed by atoms with Crippen LogP contribution in [-0.4, -0.2) is 64.9 Å². The van der Waals surface area contributed by atoms with E-state index in [1.165, 1.54) is 5.69 Å². The first-order chi connectivity index (χ1) is 15.2. The molecule has 0 saturated carbocycles. The minimum absolute atomic E-state index is 0.655. The van der Waals surface area contributed by atoms with Crippen LogP contribution in [0, 0.1) is 6.92 Å². The fourth-order valence-corrected chi connectivity index (χ4v) is 4.30. The molecule has 0 radical (unpaired) electrons. The van der Waals surface area contributed by atoms with Crippen LogP contribution in [0.5, 0.6) is 11.5 Å². The van der Waals surface area contributed by atoms with Crippen LogP contribution >= 0.6 is 0 Å². The van der Waals surface area contributed by atoms with E-state index in [-0.39, 0.29) is 0 Å². The van der Waals surface area contributed by atoms with Gasteiger partial charge in [-0.05, 0) is 25.1 Å². The first-order valence-corrected chi connectivity index (χ1v) is 10.5. The Morgan fingerprint density at radius 1 is 0.903 bits per heavy atom. The number of hydrogen-bond donors (Lipinski definition) is 0. The second-order valence-corrected chi connectivity index (χ2v) is 7.76. The highest BCUT2D eigenvalue weighted by atomic mass is 16.5. The number of para-hydroxylation sites is 1. The van der Waals surface area contributed by atoms with Crippen LogP contribution in [-0.2, 0) is 6.54 Å². The van der Waals surface area contributed by atoms with Gasteiger partial charge in [0.15, 0.2) is 23.0 Å². The standard InChI is InChI=1S/C23H26N6O2/c1-16-24-19-14-21(31-3)20(30-2)13-18(19)23-26-25-22(29(16)23)15-27-9-11-28(12-10-27)17-7-5-4-6-8-17/h4-8,13-14H,9-12,15H2,1-3H3. The zero-order chi connectivity index (χ0) is 21.4. The number of fused-ring (bicyclic) bond motifs is 3. The van der Waals surface area contributed by atoms with Crippen molar-refractivity contribution in [2.24, 2.45) is 0 Å². The van der Waals surface area contributed by atoms with Crippen LogP contribution in [0.3, 0.4) is 0 Å². The van der Waals surface area contributed by atoms with E-state index in [0.29, 0.717) is 11.5 Å². The zero-order valence-electron chi connectivity index (χ0n) is 18.1. The summed E-state index contributed by atoms with van der Waals surface area (Å²) in [4.78, 5) is 9.64. The lowest BCUT2D eigenvalue weighted by Gasteiger charge is -2.35. The van der Waals surface area contributed by atoms with Gasteiger partial charge in [-0.1, -0.05) is 18.2 Å². The Kier molecular flexibility index (Phi) is 5.07. The van der Waals surface area contributed by atoms with Gasteiger partial charge >= 0.3 is 0 Å². The fourth-order valence-electron chi connectivity index (χ4n) is 4.30. The summed E-state index contributed by atoms with van der Waals surface area (Å²) in [5.41, 5.74) is 2.89. The summed E-state index contributed by atoms with van der Waals surface area (Å²) in [7, 11) is 3.26. The number of nitrogens with zero attached hydrogens (tertiary/aromatic N) is 6. The Balaban J connectivity index is 1.41. The van der Waals surface area contributed by atoms with E-state index in [2.05, 4.69) is 54.7 Å². The summed E-state index contributed by atoms with van der Waals surface area (Å²) in [5, 5.41) is 9.93. The maximum Gasteiger partial charge on any atom is 0.171 e. The van der Waals surface area contributed by atoms with E-state index in [4.69, 9.17) is 14.5 Å². The third kappa shape index (κ3) is 3.53. The molecule has 0 N–H and O–H groups in total. The van der Waals surface area contributed by atoms with Crippen molar-refractivity contribution in [3.05, 3.63) is 54.1 Å². The quantitative estimate of drug-likeness (QED) is 0.494.